The van der Waals surface area contributed by atoms with E-state index in [9.17, 15) is 27.5 Å². The third kappa shape index (κ3) is 5.92. The molecule has 3 aliphatic rings. The fourth-order valence-corrected chi connectivity index (χ4v) is 5.16. The maximum atomic E-state index is 14.4. The van der Waals surface area contributed by atoms with Gasteiger partial charge in [-0.15, -0.1) is 0 Å². The molecule has 1 amide bonds. The molecule has 2 saturated heterocycles. The van der Waals surface area contributed by atoms with Gasteiger partial charge in [-0.1, -0.05) is 0 Å². The largest absolute Gasteiger partial charge is 0.493 e. The van der Waals surface area contributed by atoms with E-state index in [2.05, 4.69) is 0 Å². The highest BCUT2D eigenvalue weighted by molar-refractivity contribution is 5.94. The van der Waals surface area contributed by atoms with E-state index in [4.69, 9.17) is 4.74 Å². The summed E-state index contributed by atoms with van der Waals surface area (Å²) in [6.07, 6.45) is -0.641. The first kappa shape index (κ1) is 23.3. The maximum Gasteiger partial charge on any atom is 0.401 e. The van der Waals surface area contributed by atoms with E-state index in [-0.39, 0.29) is 12.1 Å². The van der Waals surface area contributed by atoms with Crippen molar-refractivity contribution in [1.82, 2.24) is 9.80 Å². The highest BCUT2D eigenvalue weighted by Gasteiger charge is 2.44. The molecule has 1 N–H and O–H groups in total. The standard InChI is InChI=1S/C23H30F4N2O3/c24-21-12-18(1-2-19(21)22(31)29-9-5-17(30)13-29)32-10-6-16-11-20(16)15-3-7-28(8-4-15)14-23(25,26)27/h1-2,12,15-17,20,30H,3-11,13-14H2/t16?,17?,20-/m1/s1. The van der Waals surface area contributed by atoms with Gasteiger partial charge >= 0.3 is 6.18 Å². The van der Waals surface area contributed by atoms with Crippen molar-refractivity contribution in [2.75, 3.05) is 39.3 Å². The highest BCUT2D eigenvalue weighted by atomic mass is 19.4. The summed E-state index contributed by atoms with van der Waals surface area (Å²) in [7, 11) is 0. The molecule has 3 atom stereocenters. The number of carbonyl (C=O) groups is 1. The number of aliphatic hydroxyl groups excluding tert-OH is 1. The molecule has 2 heterocycles. The molecule has 0 bridgehead atoms. The Morgan fingerprint density at radius 2 is 1.91 bits per heavy atom. The quantitative estimate of drug-likeness (QED) is 0.633. The Kier molecular flexibility index (Phi) is 6.95. The number of rotatable bonds is 7. The number of halogens is 4. The average Bonchev–Trinajstić information content (AvgIpc) is 3.36. The molecular weight excluding hydrogens is 428 g/mol. The van der Waals surface area contributed by atoms with Crippen molar-refractivity contribution in [3.63, 3.8) is 0 Å². The zero-order chi connectivity index (χ0) is 22.9. The van der Waals surface area contributed by atoms with Crippen LogP contribution < -0.4 is 4.74 Å². The molecule has 1 saturated carbocycles. The number of benzene rings is 1. The van der Waals surface area contributed by atoms with E-state index < -0.39 is 30.5 Å². The Morgan fingerprint density at radius 3 is 2.53 bits per heavy atom. The Bertz CT molecular complexity index is 811. The molecule has 178 valence electrons. The summed E-state index contributed by atoms with van der Waals surface area (Å²) in [6, 6.07) is 4.23. The van der Waals surface area contributed by atoms with E-state index in [0.29, 0.717) is 56.2 Å². The van der Waals surface area contributed by atoms with Gasteiger partial charge in [-0.05, 0) is 75.1 Å². The van der Waals surface area contributed by atoms with E-state index in [1.54, 1.807) is 6.07 Å². The number of likely N-dealkylation sites (tertiary alicyclic amines) is 2. The van der Waals surface area contributed by atoms with Gasteiger partial charge in [0.05, 0.1) is 24.8 Å². The summed E-state index contributed by atoms with van der Waals surface area (Å²) >= 11 is 0. The van der Waals surface area contributed by atoms with Crippen molar-refractivity contribution >= 4 is 5.91 Å². The van der Waals surface area contributed by atoms with Crippen LogP contribution in [0.25, 0.3) is 0 Å². The minimum absolute atomic E-state index is 0.0226. The van der Waals surface area contributed by atoms with Gasteiger partial charge in [0, 0.05) is 19.2 Å². The Labute approximate surface area is 185 Å². The van der Waals surface area contributed by atoms with Crippen LogP contribution in [-0.4, -0.2) is 72.4 Å². The van der Waals surface area contributed by atoms with Gasteiger partial charge in [-0.3, -0.25) is 9.69 Å². The van der Waals surface area contributed by atoms with Crippen LogP contribution >= 0.6 is 0 Å². The smallest absolute Gasteiger partial charge is 0.401 e. The average molecular weight is 458 g/mol. The van der Waals surface area contributed by atoms with Crippen molar-refractivity contribution in [3.8, 4) is 5.75 Å². The zero-order valence-corrected chi connectivity index (χ0v) is 18.0. The first-order valence-corrected chi connectivity index (χ1v) is 11.4. The van der Waals surface area contributed by atoms with Crippen LogP contribution in [-0.2, 0) is 0 Å². The first-order chi connectivity index (χ1) is 15.2. The molecule has 2 unspecified atom stereocenters. The second kappa shape index (κ2) is 9.55. The van der Waals surface area contributed by atoms with E-state index >= 15 is 0 Å². The summed E-state index contributed by atoms with van der Waals surface area (Å²) < 4.78 is 57.7. The number of alkyl halides is 3. The van der Waals surface area contributed by atoms with E-state index in [1.807, 2.05) is 0 Å². The topological polar surface area (TPSA) is 53.0 Å². The van der Waals surface area contributed by atoms with Crippen LogP contribution in [0.4, 0.5) is 17.6 Å². The Balaban J connectivity index is 1.18. The van der Waals surface area contributed by atoms with E-state index in [0.717, 1.165) is 25.7 Å². The van der Waals surface area contributed by atoms with Gasteiger partial charge < -0.3 is 14.7 Å². The third-order valence-corrected chi connectivity index (χ3v) is 7.00. The number of hydrogen-bond donors (Lipinski definition) is 1. The van der Waals surface area contributed by atoms with Crippen LogP contribution in [0.15, 0.2) is 18.2 Å². The van der Waals surface area contributed by atoms with Gasteiger partial charge in [0.1, 0.15) is 11.6 Å². The minimum Gasteiger partial charge on any atom is -0.493 e. The molecule has 9 heteroatoms. The monoisotopic (exact) mass is 458 g/mol. The molecule has 1 aromatic rings. The van der Waals surface area contributed by atoms with Crippen molar-refractivity contribution in [1.29, 1.82) is 0 Å². The van der Waals surface area contributed by atoms with Gasteiger partial charge in [-0.25, -0.2) is 4.39 Å². The van der Waals surface area contributed by atoms with Crippen LogP contribution in [0.1, 0.15) is 42.5 Å². The van der Waals surface area contributed by atoms with Crippen LogP contribution in [0.3, 0.4) is 0 Å². The number of nitrogens with zero attached hydrogens (tertiary/aromatic N) is 2. The van der Waals surface area contributed by atoms with Crippen molar-refractivity contribution < 1.29 is 32.2 Å². The molecule has 2 aliphatic heterocycles. The van der Waals surface area contributed by atoms with Crippen molar-refractivity contribution in [3.05, 3.63) is 29.6 Å². The normalized spacial score (nSPS) is 27.0. The fraction of sp³-hybridized carbons (Fsp3) is 0.696. The third-order valence-electron chi connectivity index (χ3n) is 7.00. The number of ether oxygens (including phenoxy) is 1. The molecule has 1 aromatic carbocycles. The lowest BCUT2D eigenvalue weighted by Crippen LogP contribution is -2.40. The molecule has 32 heavy (non-hydrogen) atoms. The summed E-state index contributed by atoms with van der Waals surface area (Å²) in [6.45, 7) is 1.28. The van der Waals surface area contributed by atoms with Gasteiger partial charge in [0.25, 0.3) is 5.91 Å². The Morgan fingerprint density at radius 1 is 1.16 bits per heavy atom. The lowest BCUT2D eigenvalue weighted by atomic mass is 9.90. The number of β-amino-alcohol motifs (C(OH)–C–C–N with tert-alkyl or cyclic N) is 1. The lowest BCUT2D eigenvalue weighted by molar-refractivity contribution is -0.148. The summed E-state index contributed by atoms with van der Waals surface area (Å²) in [4.78, 5) is 15.3. The van der Waals surface area contributed by atoms with Crippen LogP contribution in [0, 0.1) is 23.6 Å². The number of hydrogen-bond acceptors (Lipinski definition) is 4. The fourth-order valence-electron chi connectivity index (χ4n) is 5.16. The molecule has 3 fully saturated rings. The second-order valence-corrected chi connectivity index (χ2v) is 9.36. The zero-order valence-electron chi connectivity index (χ0n) is 18.0. The van der Waals surface area contributed by atoms with Crippen LogP contribution in [0.2, 0.25) is 0 Å². The molecular formula is C23H30F4N2O3. The number of carbonyl (C=O) groups excluding carboxylic acids is 1. The first-order valence-electron chi connectivity index (χ1n) is 11.4. The van der Waals surface area contributed by atoms with Gasteiger partial charge in [0.15, 0.2) is 0 Å². The summed E-state index contributed by atoms with van der Waals surface area (Å²) in [5.41, 5.74) is -0.0226. The van der Waals surface area contributed by atoms with E-state index in [1.165, 1.54) is 21.9 Å². The van der Waals surface area contributed by atoms with Crippen molar-refractivity contribution in [2.24, 2.45) is 17.8 Å². The molecule has 0 radical (unpaired) electrons. The summed E-state index contributed by atoms with van der Waals surface area (Å²) in [5, 5.41) is 9.56. The number of amides is 1. The highest BCUT2D eigenvalue weighted by Crippen LogP contribution is 2.49. The van der Waals surface area contributed by atoms with Gasteiger partial charge in [-0.2, -0.15) is 13.2 Å². The minimum atomic E-state index is -4.13. The maximum absolute atomic E-state index is 14.4. The van der Waals surface area contributed by atoms with Gasteiger partial charge in [0.2, 0.25) is 0 Å². The Hall–Kier alpha value is -1.87. The second-order valence-electron chi connectivity index (χ2n) is 9.36. The lowest BCUT2D eigenvalue weighted by Gasteiger charge is -2.32. The SMILES string of the molecule is O=C(c1ccc(OCCC2C[C@@H]2C2CCN(CC(F)(F)F)CC2)cc1F)N1CCC(O)C1. The van der Waals surface area contributed by atoms with Crippen LogP contribution in [0.5, 0.6) is 5.75 Å². The number of piperidine rings is 1. The molecule has 4 rings (SSSR count). The van der Waals surface area contributed by atoms with Crippen molar-refractivity contribution in [2.45, 2.75) is 44.4 Å². The summed E-state index contributed by atoms with van der Waals surface area (Å²) in [5.74, 6) is 0.867. The molecule has 5 nitrogen and oxygen atoms in total. The molecule has 0 aromatic heterocycles. The predicted molar refractivity (Wildman–Crippen MR) is 110 cm³/mol. The predicted octanol–water partition coefficient (Wildman–Crippen LogP) is 3.71. The molecule has 1 aliphatic carbocycles. The molecule has 0 spiro atoms. The number of aliphatic hydroxyl groups is 1.